The third-order valence-electron chi connectivity index (χ3n) is 10.5. The van der Waals surface area contributed by atoms with Crippen LogP contribution in [0.4, 0.5) is 21.5 Å². The van der Waals surface area contributed by atoms with E-state index >= 15 is 0 Å². The number of likely N-dealkylation sites (tertiary alicyclic amines) is 2. The molecule has 2 saturated heterocycles. The highest BCUT2D eigenvalue weighted by Gasteiger charge is 2.33. The quantitative estimate of drug-likeness (QED) is 0.154. The molecular weight excluding hydrogens is 726 g/mol. The minimum atomic E-state index is -0.552. The zero-order valence-electron chi connectivity index (χ0n) is 30.9. The van der Waals surface area contributed by atoms with Gasteiger partial charge >= 0.3 is 0 Å². The maximum absolute atomic E-state index is 14.0. The minimum Gasteiger partial charge on any atom is -0.373 e. The van der Waals surface area contributed by atoms with Crippen molar-refractivity contribution in [3.63, 3.8) is 0 Å². The van der Waals surface area contributed by atoms with E-state index in [4.69, 9.17) is 28.3 Å². The molecule has 2 fully saturated rings. The third kappa shape index (κ3) is 7.72. The first-order chi connectivity index (χ1) is 25.8. The van der Waals surface area contributed by atoms with E-state index in [1.54, 1.807) is 12.1 Å². The molecule has 2 aliphatic heterocycles. The lowest BCUT2D eigenvalue weighted by atomic mass is 9.97. The zero-order chi connectivity index (χ0) is 38.3. The molecule has 1 atom stereocenters. The number of hydrogen-bond acceptors (Lipinski definition) is 9. The van der Waals surface area contributed by atoms with Gasteiger partial charge in [-0.05, 0) is 95.7 Å². The molecule has 280 valence electrons. The van der Waals surface area contributed by atoms with Crippen molar-refractivity contribution in [2.24, 2.45) is 0 Å². The highest BCUT2D eigenvalue weighted by atomic mass is 35.5. The number of nitrogens with zero attached hydrogens (tertiary/aromatic N) is 8. The van der Waals surface area contributed by atoms with Crippen molar-refractivity contribution in [2.75, 3.05) is 50.9 Å². The highest BCUT2D eigenvalue weighted by Crippen LogP contribution is 2.38. The summed E-state index contributed by atoms with van der Waals surface area (Å²) in [6.45, 7) is 10.0. The van der Waals surface area contributed by atoms with Crippen LogP contribution in [-0.2, 0) is 0 Å². The van der Waals surface area contributed by atoms with Gasteiger partial charge in [0.25, 0.3) is 5.91 Å². The lowest BCUT2D eigenvalue weighted by molar-refractivity contribution is 0.0399. The number of amides is 1. The van der Waals surface area contributed by atoms with E-state index in [9.17, 15) is 14.4 Å². The summed E-state index contributed by atoms with van der Waals surface area (Å²) in [5.41, 5.74) is 4.47. The average molecular weight is 770 g/mol. The summed E-state index contributed by atoms with van der Waals surface area (Å²) in [7, 11) is 4.05. The molecule has 0 unspecified atom stereocenters. The van der Waals surface area contributed by atoms with Crippen molar-refractivity contribution in [3.8, 4) is 6.07 Å². The van der Waals surface area contributed by atoms with Gasteiger partial charge in [0.1, 0.15) is 17.6 Å². The molecule has 0 radical (unpaired) electrons. The van der Waals surface area contributed by atoms with Crippen molar-refractivity contribution < 1.29 is 9.18 Å². The molecule has 2 aliphatic rings. The van der Waals surface area contributed by atoms with E-state index in [0.29, 0.717) is 63.4 Å². The van der Waals surface area contributed by atoms with E-state index in [1.807, 2.05) is 60.2 Å². The molecule has 5 aromatic rings. The van der Waals surface area contributed by atoms with Crippen LogP contribution in [0.15, 0.2) is 67.0 Å². The molecule has 0 aliphatic carbocycles. The number of hydrogen-bond donors (Lipinski definition) is 2. The Morgan fingerprint density at radius 1 is 1.04 bits per heavy atom. The molecular formula is C40H43Cl2FN10O. The van der Waals surface area contributed by atoms with Gasteiger partial charge in [-0.3, -0.25) is 14.7 Å². The van der Waals surface area contributed by atoms with Crippen LogP contribution in [0.25, 0.3) is 10.9 Å². The number of fused-ring (bicyclic) bond motifs is 1. The summed E-state index contributed by atoms with van der Waals surface area (Å²) in [5.74, 6) is -0.577. The van der Waals surface area contributed by atoms with Gasteiger partial charge < -0.3 is 20.4 Å². The van der Waals surface area contributed by atoms with Crippen molar-refractivity contribution in [1.82, 2.24) is 34.7 Å². The Bertz CT molecular complexity index is 2230. The SMILES string of the molecule is CN(C)C1CN(C(=O)c2cccc([C@H](Nc3cc(Cl)c4ncc(C#N)c(Nc5ccc(F)c(Cl)c5)c4c3)c3cn(C4CCN(C(C)(C)C)CC4)nn3)c2)C1. The highest BCUT2D eigenvalue weighted by molar-refractivity contribution is 6.36. The zero-order valence-corrected chi connectivity index (χ0v) is 32.5. The maximum Gasteiger partial charge on any atom is 0.253 e. The van der Waals surface area contributed by atoms with Crippen LogP contribution >= 0.6 is 23.2 Å². The van der Waals surface area contributed by atoms with Crippen molar-refractivity contribution in [2.45, 2.75) is 57.3 Å². The molecule has 11 nitrogen and oxygen atoms in total. The van der Waals surface area contributed by atoms with Gasteiger partial charge in [0.2, 0.25) is 0 Å². The van der Waals surface area contributed by atoms with E-state index in [-0.39, 0.29) is 28.1 Å². The minimum absolute atomic E-state index is 0.0246. The van der Waals surface area contributed by atoms with Crippen molar-refractivity contribution >= 4 is 57.1 Å². The summed E-state index contributed by atoms with van der Waals surface area (Å²) >= 11 is 13.0. The monoisotopic (exact) mass is 768 g/mol. The number of carbonyl (C=O) groups is 1. The molecule has 0 saturated carbocycles. The van der Waals surface area contributed by atoms with Crippen LogP contribution in [0.1, 0.15) is 72.9 Å². The Labute approximate surface area is 324 Å². The van der Waals surface area contributed by atoms with Crippen molar-refractivity contribution in [3.05, 3.63) is 105 Å². The third-order valence-corrected chi connectivity index (χ3v) is 11.1. The normalized spacial score (nSPS) is 16.3. The number of anilines is 3. The summed E-state index contributed by atoms with van der Waals surface area (Å²) in [6.07, 6.45) is 5.35. The number of piperidine rings is 1. The van der Waals surface area contributed by atoms with Gasteiger partial charge in [-0.15, -0.1) is 5.10 Å². The smallest absolute Gasteiger partial charge is 0.253 e. The molecule has 1 amide bonds. The van der Waals surface area contributed by atoms with E-state index in [0.717, 1.165) is 31.5 Å². The fourth-order valence-electron chi connectivity index (χ4n) is 7.16. The number of halogens is 3. The predicted octanol–water partition coefficient (Wildman–Crippen LogP) is 7.91. The second-order valence-electron chi connectivity index (χ2n) is 15.3. The Kier molecular flexibility index (Phi) is 10.5. The Balaban J connectivity index is 1.25. The number of nitrogens with one attached hydrogen (secondary N) is 2. The molecule has 3 aromatic carbocycles. The predicted molar refractivity (Wildman–Crippen MR) is 211 cm³/mol. The molecule has 0 spiro atoms. The standard InChI is InChI=1S/C40H43Cl2FN10O/c1-40(2,3)52-13-11-29(12-14-52)53-23-35(48-49-53)37(24-7-6-8-25(15-24)39(54)51-21-30(22-51)50(4)5)47-28-16-31-36(46-27-9-10-34(43)32(41)17-27)26(19-44)20-45-38(31)33(42)18-28/h6-10,15-18,20,23,29-30,37,47H,11-14,21-22H2,1-5H3,(H,45,46)/t37-/m0/s1. The van der Waals surface area contributed by atoms with E-state index in [1.165, 1.54) is 18.3 Å². The van der Waals surface area contributed by atoms with Crippen LogP contribution in [0.3, 0.4) is 0 Å². The molecule has 0 bridgehead atoms. The topological polar surface area (TPSA) is 118 Å². The number of nitriles is 1. The van der Waals surface area contributed by atoms with Gasteiger partial charge in [0, 0.05) is 66.3 Å². The fraction of sp³-hybridized carbons (Fsp3) is 0.375. The molecule has 4 heterocycles. The Morgan fingerprint density at radius 2 is 1.78 bits per heavy atom. The summed E-state index contributed by atoms with van der Waals surface area (Å²) in [4.78, 5) is 24.6. The summed E-state index contributed by atoms with van der Waals surface area (Å²) < 4.78 is 16.0. The summed E-state index contributed by atoms with van der Waals surface area (Å²) in [5, 5.41) is 27.1. The molecule has 14 heteroatoms. The number of rotatable bonds is 9. The molecule has 2 aromatic heterocycles. The largest absolute Gasteiger partial charge is 0.373 e. The molecule has 54 heavy (non-hydrogen) atoms. The number of aromatic nitrogens is 4. The fourth-order valence-corrected chi connectivity index (χ4v) is 7.61. The lowest BCUT2D eigenvalue weighted by Crippen LogP contribution is -2.59. The second-order valence-corrected chi connectivity index (χ2v) is 16.1. The first-order valence-electron chi connectivity index (χ1n) is 18.0. The number of likely N-dealkylation sites (N-methyl/N-ethyl adjacent to an activating group) is 1. The number of carbonyl (C=O) groups excluding carboxylic acids is 1. The van der Waals surface area contributed by atoms with Crippen LogP contribution in [0.5, 0.6) is 0 Å². The van der Waals surface area contributed by atoms with Crippen LogP contribution in [-0.4, -0.2) is 92.4 Å². The lowest BCUT2D eigenvalue weighted by Gasteiger charge is -2.42. The molecule has 7 rings (SSSR count). The van der Waals surface area contributed by atoms with E-state index < -0.39 is 11.9 Å². The second kappa shape index (κ2) is 15.1. The van der Waals surface area contributed by atoms with Crippen molar-refractivity contribution in [1.29, 1.82) is 5.26 Å². The van der Waals surface area contributed by atoms with E-state index in [2.05, 4.69) is 57.5 Å². The van der Waals surface area contributed by atoms with Gasteiger partial charge in [0.15, 0.2) is 0 Å². The van der Waals surface area contributed by atoms with Gasteiger partial charge in [-0.1, -0.05) is 40.5 Å². The number of pyridine rings is 1. The Morgan fingerprint density at radius 3 is 2.46 bits per heavy atom. The maximum atomic E-state index is 14.0. The van der Waals surface area contributed by atoms with Gasteiger partial charge in [-0.25, -0.2) is 9.07 Å². The van der Waals surface area contributed by atoms with Gasteiger partial charge in [-0.2, -0.15) is 5.26 Å². The number of benzene rings is 3. The first kappa shape index (κ1) is 37.5. The first-order valence-corrected chi connectivity index (χ1v) is 18.8. The average Bonchev–Trinajstić information content (AvgIpc) is 3.61. The molecule has 2 N–H and O–H groups in total. The van der Waals surface area contributed by atoms with Gasteiger partial charge in [0.05, 0.1) is 45.1 Å². The van der Waals surface area contributed by atoms with Crippen LogP contribution in [0.2, 0.25) is 10.0 Å². The summed E-state index contributed by atoms with van der Waals surface area (Å²) in [6, 6.07) is 17.7. The Hall–Kier alpha value is -4.80. The van der Waals surface area contributed by atoms with Crippen LogP contribution in [0, 0.1) is 17.1 Å². The van der Waals surface area contributed by atoms with Crippen LogP contribution < -0.4 is 10.6 Å².